The van der Waals surface area contributed by atoms with E-state index in [1.54, 1.807) is 0 Å². The van der Waals surface area contributed by atoms with Crippen LogP contribution in [0.4, 0.5) is 11.4 Å². The van der Waals surface area contributed by atoms with Crippen molar-refractivity contribution in [2.75, 3.05) is 69.5 Å². The van der Waals surface area contributed by atoms with E-state index in [-0.39, 0.29) is 13.3 Å². The van der Waals surface area contributed by atoms with Crippen LogP contribution in [0.5, 0.6) is 5.75 Å². The fourth-order valence-corrected chi connectivity index (χ4v) is 4.70. The highest BCUT2D eigenvalue weighted by molar-refractivity contribution is 6.43. The maximum Gasteiger partial charge on any atom is 0.321 e. The first-order valence-corrected chi connectivity index (χ1v) is 13.4. The normalized spacial score (nSPS) is 13.9. The van der Waals surface area contributed by atoms with Gasteiger partial charge < -0.3 is 29.8 Å². The molecular formula is C27H36Cl2N4O4. The van der Waals surface area contributed by atoms with Crippen molar-refractivity contribution >= 4 is 46.8 Å². The zero-order valence-corrected chi connectivity index (χ0v) is 22.8. The predicted octanol–water partition coefficient (Wildman–Crippen LogP) is 4.00. The molecule has 202 valence electrons. The quantitative estimate of drug-likeness (QED) is 0.163. The van der Waals surface area contributed by atoms with Gasteiger partial charge >= 0.3 is 5.97 Å². The summed E-state index contributed by atoms with van der Waals surface area (Å²) in [6.45, 7) is 5.34. The van der Waals surface area contributed by atoms with E-state index in [1.807, 2.05) is 48.3 Å². The van der Waals surface area contributed by atoms with E-state index >= 15 is 0 Å². The number of esters is 1. The van der Waals surface area contributed by atoms with Crippen LogP contribution < -0.4 is 20.3 Å². The number of hydrogen-bond acceptors (Lipinski definition) is 8. The highest BCUT2D eigenvalue weighted by atomic mass is 35.5. The molecule has 0 radical (unpaired) electrons. The number of halogens is 2. The summed E-state index contributed by atoms with van der Waals surface area (Å²) < 4.78 is 11.2. The number of piperazine rings is 1. The van der Waals surface area contributed by atoms with E-state index in [1.165, 1.54) is 0 Å². The van der Waals surface area contributed by atoms with Gasteiger partial charge in [-0.05, 0) is 49.6 Å². The second-order valence-corrected chi connectivity index (χ2v) is 9.79. The SMILES string of the molecule is CN(COC(=O)CN)c1cc(OCCCCN2CCN(c3cccc(Cl)c3Cl)CC2)ccc1CCC=O. The Bertz CT molecular complexity index is 1030. The molecule has 0 unspecified atom stereocenters. The molecular weight excluding hydrogens is 515 g/mol. The van der Waals surface area contributed by atoms with E-state index in [0.717, 1.165) is 74.5 Å². The van der Waals surface area contributed by atoms with Gasteiger partial charge in [-0.15, -0.1) is 0 Å². The fraction of sp³-hybridized carbons (Fsp3) is 0.481. The molecule has 8 nitrogen and oxygen atoms in total. The Balaban J connectivity index is 1.43. The summed E-state index contributed by atoms with van der Waals surface area (Å²) in [7, 11) is 1.83. The Morgan fingerprint density at radius 1 is 1.14 bits per heavy atom. The van der Waals surface area contributed by atoms with Crippen molar-refractivity contribution in [2.24, 2.45) is 5.73 Å². The van der Waals surface area contributed by atoms with Crippen LogP contribution in [0.2, 0.25) is 10.0 Å². The second kappa shape index (κ2) is 15.0. The van der Waals surface area contributed by atoms with Crippen LogP contribution in [-0.4, -0.2) is 76.8 Å². The molecule has 1 aliphatic heterocycles. The van der Waals surface area contributed by atoms with Gasteiger partial charge in [-0.25, -0.2) is 0 Å². The van der Waals surface area contributed by atoms with Gasteiger partial charge in [0.1, 0.15) is 12.0 Å². The number of nitrogens with two attached hydrogens (primary N) is 1. The molecule has 1 saturated heterocycles. The molecule has 0 saturated carbocycles. The standard InChI is InChI=1S/C27H36Cl2N4O4/c1-31(20-37-26(35)19-30)25-18-22(10-9-21(25)6-5-16-34)36-17-3-2-11-32-12-14-33(15-13-32)24-8-4-7-23(28)27(24)29/h4,7-10,16,18H,2-3,5-6,11-15,17,19-20,30H2,1H3. The zero-order chi connectivity index (χ0) is 26.6. The van der Waals surface area contributed by atoms with Gasteiger partial charge in [0, 0.05) is 51.4 Å². The smallest absolute Gasteiger partial charge is 0.321 e. The van der Waals surface area contributed by atoms with Gasteiger partial charge in [-0.2, -0.15) is 0 Å². The number of benzene rings is 2. The molecule has 2 aromatic carbocycles. The van der Waals surface area contributed by atoms with Crippen LogP contribution in [0, 0.1) is 0 Å². The lowest BCUT2D eigenvalue weighted by atomic mass is 10.1. The third kappa shape index (κ3) is 8.78. The Hall–Kier alpha value is -2.52. The summed E-state index contributed by atoms with van der Waals surface area (Å²) in [6.07, 6.45) is 3.90. The summed E-state index contributed by atoms with van der Waals surface area (Å²) >= 11 is 12.6. The molecule has 1 aliphatic rings. The second-order valence-electron chi connectivity index (χ2n) is 9.00. The highest BCUT2D eigenvalue weighted by Gasteiger charge is 2.19. The molecule has 10 heteroatoms. The lowest BCUT2D eigenvalue weighted by Gasteiger charge is -2.36. The summed E-state index contributed by atoms with van der Waals surface area (Å²) in [5.41, 5.74) is 8.17. The summed E-state index contributed by atoms with van der Waals surface area (Å²) in [5.74, 6) is 0.275. The largest absolute Gasteiger partial charge is 0.494 e. The number of nitrogens with zero attached hydrogens (tertiary/aromatic N) is 3. The lowest BCUT2D eigenvalue weighted by Crippen LogP contribution is -2.46. The highest BCUT2D eigenvalue weighted by Crippen LogP contribution is 2.33. The van der Waals surface area contributed by atoms with Crippen LogP contribution in [0.25, 0.3) is 0 Å². The number of aryl methyl sites for hydroxylation is 1. The first-order valence-electron chi connectivity index (χ1n) is 12.6. The van der Waals surface area contributed by atoms with Crippen molar-refractivity contribution in [3.05, 3.63) is 52.0 Å². The van der Waals surface area contributed by atoms with Crippen LogP contribution in [0.1, 0.15) is 24.8 Å². The van der Waals surface area contributed by atoms with Crippen LogP contribution >= 0.6 is 23.2 Å². The number of unbranched alkanes of at least 4 members (excludes halogenated alkanes) is 1. The van der Waals surface area contributed by atoms with Crippen LogP contribution in [0.15, 0.2) is 36.4 Å². The molecule has 1 fully saturated rings. The van der Waals surface area contributed by atoms with Crippen molar-refractivity contribution in [3.63, 3.8) is 0 Å². The van der Waals surface area contributed by atoms with Crippen molar-refractivity contribution in [1.82, 2.24) is 4.90 Å². The third-order valence-electron chi connectivity index (χ3n) is 6.37. The van der Waals surface area contributed by atoms with Gasteiger partial charge in [-0.1, -0.05) is 35.3 Å². The molecule has 0 amide bonds. The number of ether oxygens (including phenoxy) is 2. The number of rotatable bonds is 14. The molecule has 0 aliphatic carbocycles. The lowest BCUT2D eigenvalue weighted by molar-refractivity contribution is -0.141. The minimum Gasteiger partial charge on any atom is -0.494 e. The topological polar surface area (TPSA) is 88.3 Å². The number of hydrogen-bond donors (Lipinski definition) is 1. The van der Waals surface area contributed by atoms with E-state index in [4.69, 9.17) is 38.4 Å². The van der Waals surface area contributed by atoms with Crippen LogP contribution in [-0.2, 0) is 20.7 Å². The predicted molar refractivity (Wildman–Crippen MR) is 149 cm³/mol. The molecule has 0 aromatic heterocycles. The monoisotopic (exact) mass is 550 g/mol. The summed E-state index contributed by atoms with van der Waals surface area (Å²) in [4.78, 5) is 28.9. The minimum atomic E-state index is -0.469. The molecule has 0 bridgehead atoms. The average Bonchev–Trinajstić information content (AvgIpc) is 2.92. The zero-order valence-electron chi connectivity index (χ0n) is 21.3. The summed E-state index contributed by atoms with van der Waals surface area (Å²) in [6, 6.07) is 11.6. The Labute approximate surface area is 229 Å². The molecule has 1 heterocycles. The van der Waals surface area contributed by atoms with E-state index in [2.05, 4.69) is 9.80 Å². The van der Waals surface area contributed by atoms with Gasteiger partial charge in [0.25, 0.3) is 0 Å². The van der Waals surface area contributed by atoms with Gasteiger partial charge in [0.2, 0.25) is 0 Å². The van der Waals surface area contributed by atoms with Gasteiger partial charge in [-0.3, -0.25) is 9.69 Å². The number of carbonyl (C=O) groups excluding carboxylic acids is 2. The van der Waals surface area contributed by atoms with E-state index in [0.29, 0.717) is 29.5 Å². The van der Waals surface area contributed by atoms with E-state index < -0.39 is 5.97 Å². The molecule has 2 aromatic rings. The maximum atomic E-state index is 11.4. The summed E-state index contributed by atoms with van der Waals surface area (Å²) in [5, 5.41) is 1.21. The van der Waals surface area contributed by atoms with Gasteiger partial charge in [0.15, 0.2) is 6.73 Å². The Morgan fingerprint density at radius 2 is 1.92 bits per heavy atom. The molecule has 3 rings (SSSR count). The molecule has 0 spiro atoms. The molecule has 0 atom stereocenters. The Morgan fingerprint density at radius 3 is 2.65 bits per heavy atom. The average molecular weight is 552 g/mol. The number of anilines is 2. The molecule has 2 N–H and O–H groups in total. The fourth-order valence-electron chi connectivity index (χ4n) is 4.29. The molecule has 37 heavy (non-hydrogen) atoms. The minimum absolute atomic E-state index is 0.0738. The van der Waals surface area contributed by atoms with E-state index in [9.17, 15) is 9.59 Å². The Kier molecular flexibility index (Phi) is 11.8. The number of aldehydes is 1. The van der Waals surface area contributed by atoms with Crippen LogP contribution in [0.3, 0.4) is 0 Å². The third-order valence-corrected chi connectivity index (χ3v) is 7.18. The van der Waals surface area contributed by atoms with Crippen molar-refractivity contribution < 1.29 is 19.1 Å². The van der Waals surface area contributed by atoms with Crippen molar-refractivity contribution in [3.8, 4) is 5.75 Å². The first-order chi connectivity index (χ1) is 17.9. The first kappa shape index (κ1) is 29.0. The van der Waals surface area contributed by atoms with Crippen molar-refractivity contribution in [1.29, 1.82) is 0 Å². The number of carbonyl (C=O) groups is 2. The van der Waals surface area contributed by atoms with Crippen molar-refractivity contribution in [2.45, 2.75) is 25.7 Å². The van der Waals surface area contributed by atoms with Gasteiger partial charge in [0.05, 0.1) is 28.9 Å². The maximum absolute atomic E-state index is 11.4.